The van der Waals surface area contributed by atoms with E-state index in [1.165, 1.54) is 0 Å². The van der Waals surface area contributed by atoms with Crippen molar-refractivity contribution in [3.05, 3.63) is 53.2 Å². The maximum Gasteiger partial charge on any atom is 0.289 e. The highest BCUT2D eigenvalue weighted by atomic mass is 35.5. The molecule has 1 amide bonds. The van der Waals surface area contributed by atoms with Crippen LogP contribution in [0, 0.1) is 16.7 Å². The van der Waals surface area contributed by atoms with E-state index in [2.05, 4.69) is 11.4 Å². The number of benzene rings is 2. The van der Waals surface area contributed by atoms with Crippen LogP contribution in [0.15, 0.2) is 51.8 Å². The molecule has 0 radical (unpaired) electrons. The largest absolute Gasteiger partial charge is 0.449 e. The van der Waals surface area contributed by atoms with E-state index in [9.17, 15) is 23.3 Å². The van der Waals surface area contributed by atoms with E-state index in [1.807, 2.05) is 6.07 Å². The molecule has 0 aliphatic heterocycles. The summed E-state index contributed by atoms with van der Waals surface area (Å²) in [6, 6.07) is 14.1. The monoisotopic (exact) mass is 538 g/mol. The molecule has 2 fully saturated rings. The number of rotatable bonds is 7. The molecule has 2 aliphatic carbocycles. The number of ketones is 1. The molecule has 7 nitrogen and oxygen atoms in total. The van der Waals surface area contributed by atoms with Crippen LogP contribution in [-0.4, -0.2) is 31.9 Å². The van der Waals surface area contributed by atoms with Crippen molar-refractivity contribution in [3.63, 3.8) is 0 Å². The van der Waals surface area contributed by atoms with Crippen molar-refractivity contribution >= 4 is 44.1 Å². The number of nitriles is 1. The van der Waals surface area contributed by atoms with Crippen molar-refractivity contribution < 1.29 is 22.4 Å². The SMILES string of the molecule is CS(=O)(=O)c1ccc(-c2ccc3c(Cl)c(C(=O)NC4(C(=O)CC5(C#N)CC5)CCCCC4)oc3c2)cc1. The first-order valence-electron chi connectivity index (χ1n) is 12.4. The second-order valence-electron chi connectivity index (χ2n) is 10.3. The number of furan rings is 1. The summed E-state index contributed by atoms with van der Waals surface area (Å²) in [5, 5.41) is 13.2. The van der Waals surface area contributed by atoms with Gasteiger partial charge in [-0.1, -0.05) is 49.1 Å². The summed E-state index contributed by atoms with van der Waals surface area (Å²) in [4.78, 5) is 27.0. The van der Waals surface area contributed by atoms with Crippen molar-refractivity contribution in [3.8, 4) is 17.2 Å². The van der Waals surface area contributed by atoms with E-state index < -0.39 is 26.7 Å². The van der Waals surface area contributed by atoms with Gasteiger partial charge < -0.3 is 9.73 Å². The number of sulfone groups is 1. The van der Waals surface area contributed by atoms with Crippen LogP contribution < -0.4 is 5.32 Å². The van der Waals surface area contributed by atoms with E-state index in [0.29, 0.717) is 36.7 Å². The Kier molecular flexibility index (Phi) is 6.41. The molecule has 3 aromatic rings. The van der Waals surface area contributed by atoms with Crippen LogP contribution in [0.1, 0.15) is 61.9 Å². The number of amides is 1. The molecule has 0 saturated heterocycles. The van der Waals surface area contributed by atoms with Gasteiger partial charge >= 0.3 is 0 Å². The van der Waals surface area contributed by atoms with E-state index in [1.54, 1.807) is 36.4 Å². The molecule has 0 spiro atoms. The molecule has 192 valence electrons. The second kappa shape index (κ2) is 9.30. The van der Waals surface area contributed by atoms with Crippen LogP contribution in [0.5, 0.6) is 0 Å². The topological polar surface area (TPSA) is 117 Å². The van der Waals surface area contributed by atoms with Crippen molar-refractivity contribution in [2.75, 3.05) is 6.26 Å². The summed E-state index contributed by atoms with van der Waals surface area (Å²) in [6.07, 6.45) is 6.44. The normalized spacial score (nSPS) is 18.2. The zero-order valence-electron chi connectivity index (χ0n) is 20.5. The Morgan fingerprint density at radius 2 is 1.68 bits per heavy atom. The van der Waals surface area contributed by atoms with Gasteiger partial charge in [0.1, 0.15) is 5.58 Å². The first-order valence-corrected chi connectivity index (χ1v) is 14.6. The molecule has 1 heterocycles. The maximum atomic E-state index is 13.4. The summed E-state index contributed by atoms with van der Waals surface area (Å²) in [5.74, 6) is -0.690. The quantitative estimate of drug-likeness (QED) is 0.403. The fourth-order valence-corrected chi connectivity index (χ4v) is 6.05. The fraction of sp³-hybridized carbons (Fsp3) is 0.393. The molecular weight excluding hydrogens is 512 g/mol. The molecule has 9 heteroatoms. The van der Waals surface area contributed by atoms with Crippen LogP contribution in [0.4, 0.5) is 0 Å². The highest BCUT2D eigenvalue weighted by molar-refractivity contribution is 7.90. The van der Waals surface area contributed by atoms with Crippen molar-refractivity contribution in [1.29, 1.82) is 5.26 Å². The highest BCUT2D eigenvalue weighted by Gasteiger charge is 2.50. The average Bonchev–Trinajstić information content (AvgIpc) is 3.58. The van der Waals surface area contributed by atoms with Crippen molar-refractivity contribution in [1.82, 2.24) is 5.32 Å². The van der Waals surface area contributed by atoms with Gasteiger partial charge in [-0.05, 0) is 61.1 Å². The molecule has 2 aliphatic rings. The van der Waals surface area contributed by atoms with Crippen LogP contribution in [-0.2, 0) is 14.6 Å². The Hall–Kier alpha value is -3.15. The summed E-state index contributed by atoms with van der Waals surface area (Å²) in [6.45, 7) is 0. The number of carbonyl (C=O) groups is 2. The summed E-state index contributed by atoms with van der Waals surface area (Å²) in [5.41, 5.74) is 0.363. The molecule has 37 heavy (non-hydrogen) atoms. The lowest BCUT2D eigenvalue weighted by molar-refractivity contribution is -0.127. The van der Waals surface area contributed by atoms with Crippen LogP contribution >= 0.6 is 11.6 Å². The van der Waals surface area contributed by atoms with Crippen molar-refractivity contribution in [2.24, 2.45) is 5.41 Å². The molecule has 0 unspecified atom stereocenters. The summed E-state index contributed by atoms with van der Waals surface area (Å²) < 4.78 is 29.4. The molecule has 1 N–H and O–H groups in total. The average molecular weight is 539 g/mol. The predicted octanol–water partition coefficient (Wildman–Crippen LogP) is 5.85. The zero-order chi connectivity index (χ0) is 26.4. The fourth-order valence-electron chi connectivity index (χ4n) is 5.14. The van der Waals surface area contributed by atoms with E-state index in [-0.39, 0.29) is 27.9 Å². The second-order valence-corrected chi connectivity index (χ2v) is 12.7. The standard InChI is InChI=1S/C28H27ClN2O5S/c1-37(34,35)20-8-5-18(6-9-20)19-7-10-21-22(15-19)36-25(24(21)29)26(33)31-28(11-3-2-4-12-28)23(32)16-27(17-30)13-14-27/h5-10,15H,2-4,11-14,16H2,1H3,(H,31,33). The third-order valence-corrected chi connectivity index (χ3v) is 9.14. The predicted molar refractivity (Wildman–Crippen MR) is 140 cm³/mol. The Balaban J connectivity index is 1.42. The summed E-state index contributed by atoms with van der Waals surface area (Å²) in [7, 11) is -3.30. The Morgan fingerprint density at radius 3 is 2.27 bits per heavy atom. The van der Waals surface area contributed by atoms with Crippen LogP contribution in [0.2, 0.25) is 5.02 Å². The molecule has 2 saturated carbocycles. The molecule has 1 aromatic heterocycles. The van der Waals surface area contributed by atoms with Gasteiger partial charge in [-0.25, -0.2) is 8.42 Å². The third kappa shape index (κ3) is 4.90. The van der Waals surface area contributed by atoms with Crippen molar-refractivity contribution in [2.45, 2.75) is 61.8 Å². The minimum atomic E-state index is -3.30. The van der Waals surface area contributed by atoms with Gasteiger partial charge in [0.2, 0.25) is 5.76 Å². The Bertz CT molecular complexity index is 1540. The smallest absolute Gasteiger partial charge is 0.289 e. The number of hydrogen-bond acceptors (Lipinski definition) is 6. The van der Waals surface area contributed by atoms with Gasteiger partial charge in [0, 0.05) is 18.1 Å². The van der Waals surface area contributed by atoms with E-state index in [0.717, 1.165) is 36.6 Å². The maximum absolute atomic E-state index is 13.4. The minimum Gasteiger partial charge on any atom is -0.449 e. The molecule has 2 aromatic carbocycles. The van der Waals surface area contributed by atoms with Gasteiger partial charge in [-0.3, -0.25) is 9.59 Å². The molecule has 0 bridgehead atoms. The lowest BCUT2D eigenvalue weighted by Crippen LogP contribution is -2.56. The number of fused-ring (bicyclic) bond motifs is 1. The number of nitrogens with zero attached hydrogens (tertiary/aromatic N) is 1. The van der Waals surface area contributed by atoms with Crippen LogP contribution in [0.25, 0.3) is 22.1 Å². The van der Waals surface area contributed by atoms with Gasteiger partial charge in [0.15, 0.2) is 15.6 Å². The minimum absolute atomic E-state index is 0.0552. The van der Waals surface area contributed by atoms with Gasteiger partial charge in [-0.15, -0.1) is 0 Å². The molecule has 5 rings (SSSR count). The van der Waals surface area contributed by atoms with Crippen LogP contribution in [0.3, 0.4) is 0 Å². The third-order valence-electron chi connectivity index (χ3n) is 7.63. The van der Waals surface area contributed by atoms with E-state index in [4.69, 9.17) is 16.0 Å². The number of carbonyl (C=O) groups excluding carboxylic acids is 2. The highest BCUT2D eigenvalue weighted by Crippen LogP contribution is 2.49. The van der Waals surface area contributed by atoms with Gasteiger partial charge in [0.25, 0.3) is 5.91 Å². The first kappa shape index (κ1) is 25.5. The summed E-state index contributed by atoms with van der Waals surface area (Å²) >= 11 is 6.55. The van der Waals surface area contributed by atoms with Gasteiger partial charge in [0.05, 0.1) is 26.9 Å². The lowest BCUT2D eigenvalue weighted by Gasteiger charge is -2.37. The lowest BCUT2D eigenvalue weighted by atomic mass is 9.75. The number of halogens is 1. The zero-order valence-corrected chi connectivity index (χ0v) is 22.0. The number of hydrogen-bond donors (Lipinski definition) is 1. The Morgan fingerprint density at radius 1 is 1.03 bits per heavy atom. The number of nitrogens with one attached hydrogen (secondary N) is 1. The molecule has 0 atom stereocenters. The van der Waals surface area contributed by atoms with Gasteiger partial charge in [-0.2, -0.15) is 5.26 Å². The Labute approximate surface area is 220 Å². The number of Topliss-reactive ketones (excluding diaryl/α,β-unsaturated/α-hetero) is 1. The first-order chi connectivity index (χ1) is 17.6. The van der Waals surface area contributed by atoms with E-state index >= 15 is 0 Å². The molecular formula is C28H27ClN2O5S.